The molecule has 3 nitrogen and oxygen atoms in total. The summed E-state index contributed by atoms with van der Waals surface area (Å²) in [5, 5.41) is 2.07. The Morgan fingerprint density at radius 1 is 0.661 bits per heavy atom. The molecule has 296 valence electrons. The van der Waals surface area contributed by atoms with Crippen LogP contribution in [0.4, 0.5) is 11.4 Å². The monoisotopic (exact) mass is 796 g/mol. The molecule has 0 saturated carbocycles. The Hall–Kier alpha value is -7.36. The van der Waals surface area contributed by atoms with Gasteiger partial charge in [0.1, 0.15) is 0 Å². The van der Waals surface area contributed by atoms with E-state index in [2.05, 4.69) is 163 Å². The van der Waals surface area contributed by atoms with E-state index >= 15 is 0 Å². The highest BCUT2D eigenvalue weighted by molar-refractivity contribution is 6.03. The summed E-state index contributed by atoms with van der Waals surface area (Å²) < 4.78 is 0. The van der Waals surface area contributed by atoms with E-state index in [0.717, 1.165) is 65.2 Å². The Morgan fingerprint density at radius 2 is 1.39 bits per heavy atom. The number of fused-ring (bicyclic) bond motifs is 13. The van der Waals surface area contributed by atoms with Gasteiger partial charge < -0.3 is 10.6 Å². The minimum atomic E-state index is -0.359. The van der Waals surface area contributed by atoms with Crippen LogP contribution in [0.1, 0.15) is 69.3 Å². The standard InChI is InChI=1S/C59H44N2O/c1-36-42-18-8-13-28-56(42)62-61(55-35-49-40(34-48(36)55)33-38-16-2-3-19-43(38)49)41-17-14-15-37(32-41)31-39-29-30-53-58(57(39)47-23-7-12-27-54(47)60)46-22-6-11-26-52(46)59(53)50-24-9-4-20-44(50)45-21-5-10-25-51(45)59/h2-9,11-24,26-30,32,35,40H,1,10,25,31,33-34,60H2. The number of nitrogens with two attached hydrogens (primary N) is 1. The molecular weight excluding hydrogens is 753 g/mol. The van der Waals surface area contributed by atoms with E-state index in [-0.39, 0.29) is 5.41 Å². The van der Waals surface area contributed by atoms with Gasteiger partial charge in [0.05, 0.1) is 16.8 Å². The molecule has 2 unspecified atom stereocenters. The van der Waals surface area contributed by atoms with Crippen LogP contribution in [0.5, 0.6) is 5.75 Å². The molecule has 62 heavy (non-hydrogen) atoms. The molecule has 7 aromatic rings. The number of hydrogen-bond acceptors (Lipinski definition) is 3. The third-order valence-corrected chi connectivity index (χ3v) is 14.6. The van der Waals surface area contributed by atoms with Gasteiger partial charge in [0, 0.05) is 16.8 Å². The summed E-state index contributed by atoms with van der Waals surface area (Å²) in [4.78, 5) is 7.00. The Kier molecular flexibility index (Phi) is 7.60. The summed E-state index contributed by atoms with van der Waals surface area (Å²) in [6.45, 7) is 4.71. The largest absolute Gasteiger partial charge is 0.398 e. The van der Waals surface area contributed by atoms with Gasteiger partial charge in [0.2, 0.25) is 0 Å². The van der Waals surface area contributed by atoms with Crippen molar-refractivity contribution in [2.24, 2.45) is 5.92 Å². The van der Waals surface area contributed by atoms with Gasteiger partial charge in [-0.2, -0.15) is 5.06 Å². The average molecular weight is 797 g/mol. The topological polar surface area (TPSA) is 38.5 Å². The summed E-state index contributed by atoms with van der Waals surface area (Å²) in [5.74, 6) is 1.24. The molecule has 6 aliphatic rings. The summed E-state index contributed by atoms with van der Waals surface area (Å²) in [5.41, 5.74) is 32.7. The fraction of sp³-hybridized carbons (Fsp3) is 0.119. The van der Waals surface area contributed by atoms with Gasteiger partial charge in [-0.3, -0.25) is 0 Å². The number of anilines is 2. The molecule has 0 bridgehead atoms. The lowest BCUT2D eigenvalue weighted by atomic mass is 9.68. The lowest BCUT2D eigenvalue weighted by Gasteiger charge is -2.33. The van der Waals surface area contributed by atoms with Crippen molar-refractivity contribution in [2.75, 3.05) is 10.8 Å². The van der Waals surface area contributed by atoms with Gasteiger partial charge in [0.25, 0.3) is 0 Å². The van der Waals surface area contributed by atoms with E-state index < -0.39 is 0 Å². The molecule has 1 spiro atoms. The Bertz CT molecular complexity index is 3250. The van der Waals surface area contributed by atoms with Crippen LogP contribution in [0.25, 0.3) is 39.0 Å². The van der Waals surface area contributed by atoms with E-state index in [4.69, 9.17) is 17.2 Å². The predicted octanol–water partition coefficient (Wildman–Crippen LogP) is 13.7. The third-order valence-electron chi connectivity index (χ3n) is 14.6. The molecule has 0 radical (unpaired) electrons. The van der Waals surface area contributed by atoms with Crippen molar-refractivity contribution in [3.8, 4) is 28.0 Å². The Morgan fingerprint density at radius 3 is 2.24 bits per heavy atom. The zero-order chi connectivity index (χ0) is 41.1. The highest BCUT2D eigenvalue weighted by Gasteiger charge is 2.53. The molecule has 3 heteroatoms. The number of hydroxylamine groups is 1. The van der Waals surface area contributed by atoms with Gasteiger partial charge in [-0.05, 0) is 157 Å². The molecule has 0 saturated heterocycles. The second kappa shape index (κ2) is 13.3. The maximum Gasteiger partial charge on any atom is 0.163 e. The molecule has 2 N–H and O–H groups in total. The molecule has 1 aliphatic heterocycles. The molecule has 2 atom stereocenters. The second-order valence-corrected chi connectivity index (χ2v) is 17.7. The zero-order valence-electron chi connectivity index (χ0n) is 34.5. The summed E-state index contributed by atoms with van der Waals surface area (Å²) >= 11 is 0. The van der Waals surface area contributed by atoms with Crippen LogP contribution in [0.3, 0.4) is 0 Å². The molecule has 13 rings (SSSR count). The van der Waals surface area contributed by atoms with Gasteiger partial charge in [-0.25, -0.2) is 0 Å². The second-order valence-electron chi connectivity index (χ2n) is 17.7. The molecule has 7 aromatic carbocycles. The number of nitrogens with zero attached hydrogens (tertiary/aromatic N) is 1. The van der Waals surface area contributed by atoms with E-state index in [1.807, 2.05) is 18.2 Å². The summed E-state index contributed by atoms with van der Waals surface area (Å²) in [6.07, 6.45) is 11.9. The number of nitrogen functional groups attached to an aromatic ring is 1. The molecule has 0 fully saturated rings. The van der Waals surface area contributed by atoms with Crippen LogP contribution in [0, 0.1) is 5.92 Å². The lowest BCUT2D eigenvalue weighted by Crippen LogP contribution is -2.28. The van der Waals surface area contributed by atoms with Crippen LogP contribution in [0.2, 0.25) is 0 Å². The normalized spacial score (nSPS) is 19.7. The van der Waals surface area contributed by atoms with E-state index in [9.17, 15) is 0 Å². The van der Waals surface area contributed by atoms with Crippen LogP contribution >= 0.6 is 0 Å². The lowest BCUT2D eigenvalue weighted by molar-refractivity contribution is 0.310. The quantitative estimate of drug-likeness (QED) is 0.180. The minimum Gasteiger partial charge on any atom is -0.398 e. The van der Waals surface area contributed by atoms with E-state index in [1.54, 1.807) is 0 Å². The van der Waals surface area contributed by atoms with E-state index in [0.29, 0.717) is 12.3 Å². The summed E-state index contributed by atoms with van der Waals surface area (Å²) in [7, 11) is 0. The van der Waals surface area contributed by atoms with Gasteiger partial charge in [0.15, 0.2) is 5.75 Å². The number of allylic oxidation sites excluding steroid dienone is 8. The SMILES string of the molecule is C=C1C2=C(C=C3c4ccccc4CC3C2)N(c2cccc(Cc3ccc4c(c3-c3ccccc3N)-c3ccccc3C43C4=C(C=CCC4)c4ccccc43)c2)Oc2ccccc21. The Labute approximate surface area is 363 Å². The highest BCUT2D eigenvalue weighted by atomic mass is 16.7. The van der Waals surface area contributed by atoms with Gasteiger partial charge in [-0.15, -0.1) is 0 Å². The van der Waals surface area contributed by atoms with Crippen molar-refractivity contribution in [1.82, 2.24) is 0 Å². The first-order chi connectivity index (χ1) is 30.6. The maximum absolute atomic E-state index is 7.01. The number of rotatable bonds is 4. The predicted molar refractivity (Wildman–Crippen MR) is 254 cm³/mol. The third kappa shape index (κ3) is 4.88. The number of benzene rings is 7. The Balaban J connectivity index is 0.983. The zero-order valence-corrected chi connectivity index (χ0v) is 34.5. The van der Waals surface area contributed by atoms with Crippen molar-refractivity contribution in [2.45, 2.75) is 37.5 Å². The maximum atomic E-state index is 7.01. The highest BCUT2D eigenvalue weighted by Crippen LogP contribution is 2.65. The summed E-state index contributed by atoms with van der Waals surface area (Å²) in [6, 6.07) is 57.7. The smallest absolute Gasteiger partial charge is 0.163 e. The first kappa shape index (κ1) is 35.4. The van der Waals surface area contributed by atoms with Crippen LogP contribution in [-0.4, -0.2) is 0 Å². The first-order valence-corrected chi connectivity index (χ1v) is 22.1. The van der Waals surface area contributed by atoms with Crippen molar-refractivity contribution in [3.05, 3.63) is 249 Å². The van der Waals surface area contributed by atoms with Crippen LogP contribution in [0.15, 0.2) is 199 Å². The first-order valence-electron chi connectivity index (χ1n) is 22.1. The molecular formula is C59H44N2O. The number of para-hydroxylation sites is 2. The van der Waals surface area contributed by atoms with Crippen molar-refractivity contribution in [1.29, 1.82) is 0 Å². The van der Waals surface area contributed by atoms with E-state index in [1.165, 1.54) is 83.5 Å². The fourth-order valence-corrected chi connectivity index (χ4v) is 12.0. The minimum absolute atomic E-state index is 0.359. The molecule has 5 aliphatic carbocycles. The average Bonchev–Trinajstić information content (AvgIpc) is 3.91. The van der Waals surface area contributed by atoms with Crippen LogP contribution < -0.4 is 15.6 Å². The van der Waals surface area contributed by atoms with Crippen molar-refractivity contribution < 1.29 is 4.84 Å². The van der Waals surface area contributed by atoms with Gasteiger partial charge >= 0.3 is 0 Å². The number of hydrogen-bond donors (Lipinski definition) is 1. The fourth-order valence-electron chi connectivity index (χ4n) is 12.0. The van der Waals surface area contributed by atoms with Gasteiger partial charge in [-0.1, -0.05) is 152 Å². The van der Waals surface area contributed by atoms with Crippen LogP contribution in [-0.2, 0) is 18.3 Å². The van der Waals surface area contributed by atoms with Crippen molar-refractivity contribution >= 4 is 28.1 Å². The molecule has 0 amide bonds. The molecule has 1 heterocycles. The molecule has 0 aromatic heterocycles. The van der Waals surface area contributed by atoms with Crippen molar-refractivity contribution in [3.63, 3.8) is 0 Å².